The fourth-order valence-electron chi connectivity index (χ4n) is 2.83. The van der Waals surface area contributed by atoms with E-state index in [0.29, 0.717) is 23.4 Å². The summed E-state index contributed by atoms with van der Waals surface area (Å²) in [5, 5.41) is 18.5. The highest BCUT2D eigenvalue weighted by molar-refractivity contribution is 6.30. The summed E-state index contributed by atoms with van der Waals surface area (Å²) in [4.78, 5) is 8.23. The van der Waals surface area contributed by atoms with Gasteiger partial charge in [0.25, 0.3) is 5.78 Å². The average molecular weight is 310 g/mol. The van der Waals surface area contributed by atoms with Gasteiger partial charge in [0, 0.05) is 12.1 Å². The quantitative estimate of drug-likeness (QED) is 0.852. The van der Waals surface area contributed by atoms with E-state index < -0.39 is 5.60 Å². The molecule has 2 heterocycles. The molecule has 6 nitrogen and oxygen atoms in total. The summed E-state index contributed by atoms with van der Waals surface area (Å²) in [6.45, 7) is 4.60. The lowest BCUT2D eigenvalue weighted by Gasteiger charge is -2.35. The fourth-order valence-corrected chi connectivity index (χ4v) is 2.99. The number of nitrogens with zero attached hydrogens (tertiary/aromatic N) is 4. The molecule has 1 saturated carbocycles. The molecule has 3 rings (SSSR count). The number of anilines is 1. The standard InChI is InChI=1S/C14H20ClN5O/c1-9-3-5-14(21,6-4-9)7-16-12-10(2)11(15)19-13-17-8-18-20(12)13/h8-9,16,21H,3-7H2,1-2H3. The Morgan fingerprint density at radius 2 is 2.19 bits per heavy atom. The highest BCUT2D eigenvalue weighted by Crippen LogP contribution is 2.32. The Morgan fingerprint density at radius 1 is 1.48 bits per heavy atom. The number of hydrogen-bond donors (Lipinski definition) is 2. The largest absolute Gasteiger partial charge is 0.388 e. The molecule has 0 radical (unpaired) electrons. The van der Waals surface area contributed by atoms with Crippen LogP contribution in [-0.2, 0) is 0 Å². The highest BCUT2D eigenvalue weighted by Gasteiger charge is 2.32. The molecule has 0 saturated heterocycles. The van der Waals surface area contributed by atoms with Crippen molar-refractivity contribution in [1.29, 1.82) is 0 Å². The van der Waals surface area contributed by atoms with E-state index in [1.54, 1.807) is 4.52 Å². The van der Waals surface area contributed by atoms with E-state index in [2.05, 4.69) is 27.3 Å². The second kappa shape index (κ2) is 5.42. The Hall–Kier alpha value is -1.40. The molecule has 0 spiro atoms. The third-order valence-electron chi connectivity index (χ3n) is 4.39. The first-order valence-corrected chi connectivity index (χ1v) is 7.68. The highest BCUT2D eigenvalue weighted by atomic mass is 35.5. The maximum absolute atomic E-state index is 10.7. The van der Waals surface area contributed by atoms with Crippen LogP contribution in [0.3, 0.4) is 0 Å². The zero-order valence-corrected chi connectivity index (χ0v) is 13.1. The predicted octanol–water partition coefficient (Wildman–Crippen LogP) is 2.44. The van der Waals surface area contributed by atoms with Gasteiger partial charge in [-0.1, -0.05) is 18.5 Å². The molecule has 1 aliphatic rings. The average Bonchev–Trinajstić information content (AvgIpc) is 2.91. The van der Waals surface area contributed by atoms with Crippen molar-refractivity contribution >= 4 is 23.2 Å². The Kier molecular flexibility index (Phi) is 3.75. The summed E-state index contributed by atoms with van der Waals surface area (Å²) < 4.78 is 1.62. The van der Waals surface area contributed by atoms with Gasteiger partial charge >= 0.3 is 0 Å². The minimum absolute atomic E-state index is 0.405. The van der Waals surface area contributed by atoms with Gasteiger partial charge in [0.15, 0.2) is 0 Å². The number of fused-ring (bicyclic) bond motifs is 1. The van der Waals surface area contributed by atoms with Crippen LogP contribution in [0.1, 0.15) is 38.2 Å². The molecule has 0 bridgehead atoms. The molecule has 2 aromatic heterocycles. The topological polar surface area (TPSA) is 75.3 Å². The van der Waals surface area contributed by atoms with Gasteiger partial charge in [-0.05, 0) is 38.5 Å². The van der Waals surface area contributed by atoms with Crippen LogP contribution in [0, 0.1) is 12.8 Å². The second-order valence-corrected chi connectivity index (χ2v) is 6.47. The van der Waals surface area contributed by atoms with Crippen molar-refractivity contribution in [3.63, 3.8) is 0 Å². The maximum Gasteiger partial charge on any atom is 0.255 e. The van der Waals surface area contributed by atoms with Crippen LogP contribution in [0.15, 0.2) is 6.33 Å². The Morgan fingerprint density at radius 3 is 2.90 bits per heavy atom. The van der Waals surface area contributed by atoms with Crippen molar-refractivity contribution < 1.29 is 5.11 Å². The first kappa shape index (κ1) is 14.5. The molecule has 1 aliphatic carbocycles. The molecule has 0 aliphatic heterocycles. The van der Waals surface area contributed by atoms with Gasteiger partial charge in [-0.15, -0.1) is 0 Å². The number of halogens is 1. The Balaban J connectivity index is 1.82. The van der Waals surface area contributed by atoms with Crippen LogP contribution < -0.4 is 5.32 Å². The molecule has 21 heavy (non-hydrogen) atoms. The van der Waals surface area contributed by atoms with Crippen molar-refractivity contribution in [3.05, 3.63) is 17.0 Å². The lowest BCUT2D eigenvalue weighted by molar-refractivity contribution is 0.00491. The maximum atomic E-state index is 10.7. The smallest absolute Gasteiger partial charge is 0.255 e. The van der Waals surface area contributed by atoms with Crippen molar-refractivity contribution in [2.75, 3.05) is 11.9 Å². The summed E-state index contributed by atoms with van der Waals surface area (Å²) in [7, 11) is 0. The number of aliphatic hydroxyl groups is 1. The van der Waals surface area contributed by atoms with E-state index in [1.807, 2.05) is 6.92 Å². The molecular weight excluding hydrogens is 290 g/mol. The number of nitrogens with one attached hydrogen (secondary N) is 1. The van der Waals surface area contributed by atoms with E-state index in [0.717, 1.165) is 37.1 Å². The molecule has 0 amide bonds. The summed E-state index contributed by atoms with van der Waals surface area (Å²) in [5.41, 5.74) is 0.143. The van der Waals surface area contributed by atoms with Crippen molar-refractivity contribution in [3.8, 4) is 0 Å². The minimum atomic E-state index is -0.665. The molecule has 0 atom stereocenters. The predicted molar refractivity (Wildman–Crippen MR) is 81.6 cm³/mol. The SMILES string of the molecule is Cc1c(Cl)nc2ncnn2c1NCC1(O)CCC(C)CC1. The zero-order chi connectivity index (χ0) is 15.0. The van der Waals surface area contributed by atoms with Crippen LogP contribution >= 0.6 is 11.6 Å². The van der Waals surface area contributed by atoms with Crippen LogP contribution in [0.5, 0.6) is 0 Å². The third kappa shape index (κ3) is 2.82. The normalized spacial score (nSPS) is 26.2. The van der Waals surface area contributed by atoms with Crippen molar-refractivity contribution in [2.45, 2.75) is 45.1 Å². The van der Waals surface area contributed by atoms with E-state index >= 15 is 0 Å². The van der Waals surface area contributed by atoms with Crippen LogP contribution in [0.4, 0.5) is 5.82 Å². The van der Waals surface area contributed by atoms with Gasteiger partial charge in [0.1, 0.15) is 17.3 Å². The van der Waals surface area contributed by atoms with Crippen LogP contribution in [0.2, 0.25) is 5.15 Å². The summed E-state index contributed by atoms with van der Waals surface area (Å²) in [5.74, 6) is 1.90. The van der Waals surface area contributed by atoms with Crippen molar-refractivity contribution in [2.24, 2.45) is 5.92 Å². The van der Waals surface area contributed by atoms with E-state index in [4.69, 9.17) is 11.6 Å². The van der Waals surface area contributed by atoms with Gasteiger partial charge in [0.2, 0.25) is 0 Å². The Labute approximate surface area is 128 Å². The molecule has 0 unspecified atom stereocenters. The van der Waals surface area contributed by atoms with Crippen molar-refractivity contribution in [1.82, 2.24) is 19.6 Å². The van der Waals surface area contributed by atoms with Gasteiger partial charge in [0.05, 0.1) is 5.60 Å². The monoisotopic (exact) mass is 309 g/mol. The Bertz CT molecular complexity index is 648. The third-order valence-corrected chi connectivity index (χ3v) is 4.76. The van der Waals surface area contributed by atoms with Crippen LogP contribution in [0.25, 0.3) is 5.78 Å². The molecule has 2 aromatic rings. The molecule has 0 aromatic carbocycles. The molecule has 2 N–H and O–H groups in total. The van der Waals surface area contributed by atoms with Gasteiger partial charge < -0.3 is 10.4 Å². The minimum Gasteiger partial charge on any atom is -0.388 e. The molecular formula is C14H20ClN5O. The summed E-state index contributed by atoms with van der Waals surface area (Å²) in [6.07, 6.45) is 5.21. The van der Waals surface area contributed by atoms with Crippen LogP contribution in [-0.4, -0.2) is 36.8 Å². The lowest BCUT2D eigenvalue weighted by Crippen LogP contribution is -2.40. The number of hydrogen-bond acceptors (Lipinski definition) is 5. The number of rotatable bonds is 3. The number of aromatic nitrogens is 4. The second-order valence-electron chi connectivity index (χ2n) is 6.11. The molecule has 114 valence electrons. The first-order chi connectivity index (χ1) is 9.98. The zero-order valence-electron chi connectivity index (χ0n) is 12.3. The van der Waals surface area contributed by atoms with E-state index in [9.17, 15) is 5.11 Å². The first-order valence-electron chi connectivity index (χ1n) is 7.31. The van der Waals surface area contributed by atoms with Gasteiger partial charge in [-0.25, -0.2) is 0 Å². The van der Waals surface area contributed by atoms with E-state index in [1.165, 1.54) is 6.33 Å². The van der Waals surface area contributed by atoms with Gasteiger partial charge in [-0.2, -0.15) is 19.6 Å². The van der Waals surface area contributed by atoms with E-state index in [-0.39, 0.29) is 0 Å². The van der Waals surface area contributed by atoms with Gasteiger partial charge in [-0.3, -0.25) is 0 Å². The fraction of sp³-hybridized carbons (Fsp3) is 0.643. The lowest BCUT2D eigenvalue weighted by atomic mass is 9.79. The molecule has 7 heteroatoms. The molecule has 1 fully saturated rings. The summed E-state index contributed by atoms with van der Waals surface area (Å²) in [6, 6.07) is 0. The summed E-state index contributed by atoms with van der Waals surface area (Å²) >= 11 is 6.13.